The first-order valence-electron chi connectivity index (χ1n) is 7.78. The molecule has 0 saturated heterocycles. The van der Waals surface area contributed by atoms with Crippen LogP contribution in [0.4, 0.5) is 11.4 Å². The Morgan fingerprint density at radius 2 is 2.04 bits per heavy atom. The molecule has 0 atom stereocenters. The molecule has 7 nitrogen and oxygen atoms in total. The zero-order valence-electron chi connectivity index (χ0n) is 13.6. The van der Waals surface area contributed by atoms with E-state index in [1.54, 1.807) is 31.2 Å². The number of nitrogens with zero attached hydrogens (tertiary/aromatic N) is 1. The molecule has 1 N–H and O–H groups in total. The molecule has 0 bridgehead atoms. The maximum atomic E-state index is 12.4. The third-order valence-electron chi connectivity index (χ3n) is 3.99. The normalized spacial score (nSPS) is 12.9. The Bertz CT molecular complexity index is 876. The first-order chi connectivity index (χ1) is 11.9. The SMILES string of the molecule is Cc1ccc([N+](=O)[O-])c(OCC(=O)c2ccc3c(c2)CCC(=O)N3)c1. The van der Waals surface area contributed by atoms with E-state index in [1.165, 1.54) is 12.1 Å². The third kappa shape index (κ3) is 3.65. The fourth-order valence-corrected chi connectivity index (χ4v) is 2.67. The summed E-state index contributed by atoms with van der Waals surface area (Å²) in [5, 5.41) is 13.8. The minimum Gasteiger partial charge on any atom is -0.478 e. The van der Waals surface area contributed by atoms with E-state index in [9.17, 15) is 19.7 Å². The molecule has 0 aromatic heterocycles. The molecule has 1 amide bonds. The minimum atomic E-state index is -0.541. The zero-order chi connectivity index (χ0) is 18.0. The van der Waals surface area contributed by atoms with Crippen LogP contribution in [0.1, 0.15) is 27.9 Å². The fraction of sp³-hybridized carbons (Fsp3) is 0.222. The number of hydrogen-bond donors (Lipinski definition) is 1. The van der Waals surface area contributed by atoms with Crippen molar-refractivity contribution in [2.75, 3.05) is 11.9 Å². The fourth-order valence-electron chi connectivity index (χ4n) is 2.67. The van der Waals surface area contributed by atoms with Gasteiger partial charge in [-0.2, -0.15) is 0 Å². The van der Waals surface area contributed by atoms with Crippen LogP contribution < -0.4 is 10.1 Å². The monoisotopic (exact) mass is 340 g/mol. The Kier molecular flexibility index (Phi) is 4.47. The smallest absolute Gasteiger partial charge is 0.310 e. The van der Waals surface area contributed by atoms with Crippen molar-refractivity contribution in [1.82, 2.24) is 0 Å². The summed E-state index contributed by atoms with van der Waals surface area (Å²) >= 11 is 0. The number of anilines is 1. The highest BCUT2D eigenvalue weighted by molar-refractivity contribution is 5.99. The van der Waals surface area contributed by atoms with Crippen LogP contribution in [0.15, 0.2) is 36.4 Å². The van der Waals surface area contributed by atoms with Gasteiger partial charge in [-0.25, -0.2) is 0 Å². The molecular formula is C18H16N2O5. The van der Waals surface area contributed by atoms with Crippen LogP contribution in [0.3, 0.4) is 0 Å². The number of ketones is 1. The summed E-state index contributed by atoms with van der Waals surface area (Å²) in [6.07, 6.45) is 0.961. The Morgan fingerprint density at radius 1 is 1.24 bits per heavy atom. The summed E-state index contributed by atoms with van der Waals surface area (Å²) < 4.78 is 5.40. The van der Waals surface area contributed by atoms with Crippen molar-refractivity contribution in [2.45, 2.75) is 19.8 Å². The number of ether oxygens (including phenoxy) is 1. The van der Waals surface area contributed by atoms with Crippen LogP contribution in [0.25, 0.3) is 0 Å². The molecule has 0 spiro atoms. The second-order valence-electron chi connectivity index (χ2n) is 5.86. The summed E-state index contributed by atoms with van der Waals surface area (Å²) in [6.45, 7) is 1.49. The lowest BCUT2D eigenvalue weighted by Crippen LogP contribution is -2.20. The Labute approximate surface area is 143 Å². The quantitative estimate of drug-likeness (QED) is 0.512. The molecule has 1 aliphatic rings. The van der Waals surface area contributed by atoms with Crippen molar-refractivity contribution >= 4 is 23.1 Å². The Balaban J connectivity index is 1.74. The molecule has 0 radical (unpaired) electrons. The van der Waals surface area contributed by atoms with Gasteiger partial charge in [0, 0.05) is 23.7 Å². The predicted octanol–water partition coefficient (Wildman–Crippen LogP) is 3.05. The number of nitro benzene ring substituents is 1. The van der Waals surface area contributed by atoms with Gasteiger partial charge in [-0.1, -0.05) is 6.07 Å². The van der Waals surface area contributed by atoms with Gasteiger partial charge in [0.25, 0.3) is 0 Å². The van der Waals surface area contributed by atoms with Crippen molar-refractivity contribution in [2.24, 2.45) is 0 Å². The summed E-state index contributed by atoms with van der Waals surface area (Å²) in [5.74, 6) is -0.249. The van der Waals surface area contributed by atoms with Gasteiger partial charge in [-0.3, -0.25) is 19.7 Å². The number of Topliss-reactive ketones (excluding diaryl/α,β-unsaturated/α-hetero) is 1. The molecule has 3 rings (SSSR count). The predicted molar refractivity (Wildman–Crippen MR) is 91.1 cm³/mol. The number of carbonyl (C=O) groups is 2. The Morgan fingerprint density at radius 3 is 2.80 bits per heavy atom. The van der Waals surface area contributed by atoms with Crippen LogP contribution >= 0.6 is 0 Å². The van der Waals surface area contributed by atoms with E-state index < -0.39 is 4.92 Å². The van der Waals surface area contributed by atoms with E-state index in [1.807, 2.05) is 0 Å². The molecule has 7 heteroatoms. The molecule has 0 fully saturated rings. The molecule has 0 unspecified atom stereocenters. The molecule has 2 aromatic carbocycles. The second-order valence-corrected chi connectivity index (χ2v) is 5.86. The number of benzene rings is 2. The largest absolute Gasteiger partial charge is 0.478 e. The molecule has 0 saturated carbocycles. The zero-order valence-corrected chi connectivity index (χ0v) is 13.6. The molecule has 25 heavy (non-hydrogen) atoms. The number of rotatable bonds is 5. The number of hydrogen-bond acceptors (Lipinski definition) is 5. The van der Waals surface area contributed by atoms with Crippen LogP contribution in [0.5, 0.6) is 5.75 Å². The van der Waals surface area contributed by atoms with Crippen molar-refractivity contribution in [3.63, 3.8) is 0 Å². The van der Waals surface area contributed by atoms with Crippen LogP contribution in [0.2, 0.25) is 0 Å². The standard InChI is InChI=1S/C18H16N2O5/c1-11-2-6-15(20(23)24)17(8-11)25-10-16(21)13-3-5-14-12(9-13)4-7-18(22)19-14/h2-3,5-6,8-9H,4,7,10H2,1H3,(H,19,22). The topological polar surface area (TPSA) is 98.5 Å². The highest BCUT2D eigenvalue weighted by atomic mass is 16.6. The number of carbonyl (C=O) groups excluding carboxylic acids is 2. The van der Waals surface area contributed by atoms with Gasteiger partial charge in [-0.05, 0) is 48.7 Å². The molecule has 0 aliphatic carbocycles. The summed E-state index contributed by atoms with van der Waals surface area (Å²) in [6, 6.07) is 9.54. The number of nitro groups is 1. The average molecular weight is 340 g/mol. The van der Waals surface area contributed by atoms with Crippen molar-refractivity contribution in [1.29, 1.82) is 0 Å². The highest BCUT2D eigenvalue weighted by Gasteiger charge is 2.19. The van der Waals surface area contributed by atoms with Gasteiger partial charge < -0.3 is 10.1 Å². The van der Waals surface area contributed by atoms with Gasteiger partial charge in [0.2, 0.25) is 5.91 Å². The van der Waals surface area contributed by atoms with E-state index >= 15 is 0 Å². The van der Waals surface area contributed by atoms with Crippen molar-refractivity contribution in [3.05, 3.63) is 63.2 Å². The third-order valence-corrected chi connectivity index (χ3v) is 3.99. The Hall–Kier alpha value is -3.22. The highest BCUT2D eigenvalue weighted by Crippen LogP contribution is 2.28. The molecule has 2 aromatic rings. The summed E-state index contributed by atoms with van der Waals surface area (Å²) in [5.41, 5.74) is 2.68. The minimum absolute atomic E-state index is 0.0401. The van der Waals surface area contributed by atoms with E-state index in [0.29, 0.717) is 24.1 Å². The van der Waals surface area contributed by atoms with Gasteiger partial charge in [0.1, 0.15) is 0 Å². The van der Waals surface area contributed by atoms with Crippen LogP contribution in [-0.2, 0) is 11.2 Å². The van der Waals surface area contributed by atoms with Gasteiger partial charge in [0.15, 0.2) is 18.1 Å². The number of fused-ring (bicyclic) bond motifs is 1. The summed E-state index contributed by atoms with van der Waals surface area (Å²) in [7, 11) is 0. The maximum Gasteiger partial charge on any atom is 0.310 e. The molecular weight excluding hydrogens is 324 g/mol. The van der Waals surface area contributed by atoms with E-state index in [2.05, 4.69) is 5.32 Å². The van der Waals surface area contributed by atoms with Crippen LogP contribution in [0, 0.1) is 17.0 Å². The van der Waals surface area contributed by atoms with Crippen molar-refractivity contribution in [3.8, 4) is 5.75 Å². The molecule has 1 aliphatic heterocycles. The second kappa shape index (κ2) is 6.72. The lowest BCUT2D eigenvalue weighted by molar-refractivity contribution is -0.385. The number of amides is 1. The first kappa shape index (κ1) is 16.6. The van der Waals surface area contributed by atoms with E-state index in [-0.39, 0.29) is 29.7 Å². The lowest BCUT2D eigenvalue weighted by Gasteiger charge is -2.17. The average Bonchev–Trinajstić information content (AvgIpc) is 2.59. The maximum absolute atomic E-state index is 12.4. The number of aryl methyl sites for hydroxylation is 2. The lowest BCUT2D eigenvalue weighted by atomic mass is 9.99. The van der Waals surface area contributed by atoms with Gasteiger partial charge >= 0.3 is 5.69 Å². The molecule has 1 heterocycles. The summed E-state index contributed by atoms with van der Waals surface area (Å²) in [4.78, 5) is 34.2. The van der Waals surface area contributed by atoms with E-state index in [0.717, 1.165) is 11.1 Å². The van der Waals surface area contributed by atoms with Crippen molar-refractivity contribution < 1.29 is 19.2 Å². The molecule has 128 valence electrons. The first-order valence-corrected chi connectivity index (χ1v) is 7.78. The van der Waals surface area contributed by atoms with Gasteiger partial charge in [0.05, 0.1) is 4.92 Å². The number of nitrogens with one attached hydrogen (secondary N) is 1. The van der Waals surface area contributed by atoms with Crippen LogP contribution in [-0.4, -0.2) is 23.2 Å². The van der Waals surface area contributed by atoms with E-state index in [4.69, 9.17) is 4.74 Å². The van der Waals surface area contributed by atoms with Gasteiger partial charge in [-0.15, -0.1) is 0 Å².